The average molecular weight is 252 g/mol. The van der Waals surface area contributed by atoms with Crippen LogP contribution in [0.4, 0.5) is 0 Å². The van der Waals surface area contributed by atoms with Crippen LogP contribution in [0.25, 0.3) is 0 Å². The van der Waals surface area contributed by atoms with E-state index in [0.717, 1.165) is 17.4 Å². The minimum absolute atomic E-state index is 0.281. The van der Waals surface area contributed by atoms with Crippen molar-refractivity contribution in [2.75, 3.05) is 0 Å². The zero-order chi connectivity index (χ0) is 12.3. The molecule has 2 N–H and O–H groups in total. The molecule has 0 aliphatic heterocycles. The number of rotatable bonds is 3. The van der Waals surface area contributed by atoms with Gasteiger partial charge in [0.2, 0.25) is 0 Å². The number of halogens is 1. The lowest BCUT2D eigenvalue weighted by molar-refractivity contribution is 0.274. The number of hydrogen-bond acceptors (Lipinski definition) is 1. The summed E-state index contributed by atoms with van der Waals surface area (Å²) in [6.07, 6.45) is 6.23. The predicted molar refractivity (Wildman–Crippen MR) is 74.4 cm³/mol. The fourth-order valence-electron chi connectivity index (χ4n) is 3.08. The fourth-order valence-corrected chi connectivity index (χ4v) is 3.36. The second-order valence-electron chi connectivity index (χ2n) is 5.26. The molecule has 1 aliphatic rings. The predicted octanol–water partition coefficient (Wildman–Crippen LogP) is 4.35. The van der Waals surface area contributed by atoms with Gasteiger partial charge in [0, 0.05) is 17.0 Å². The summed E-state index contributed by atoms with van der Waals surface area (Å²) < 4.78 is 0. The minimum Gasteiger partial charge on any atom is -0.327 e. The van der Waals surface area contributed by atoms with Gasteiger partial charge in [-0.3, -0.25) is 0 Å². The Morgan fingerprint density at radius 3 is 2.76 bits per heavy atom. The molecule has 0 heterocycles. The standard InChI is InChI=1S/C15H22ClN/c1-2-5-11-8-9-15(17)13(10-11)12-6-3-4-7-14(12)16/h3-4,6-7,11,13,15H,2,5,8-10,17H2,1H3. The van der Waals surface area contributed by atoms with E-state index in [1.165, 1.54) is 31.2 Å². The first-order chi connectivity index (χ1) is 8.22. The second kappa shape index (κ2) is 5.88. The van der Waals surface area contributed by atoms with Crippen molar-refractivity contribution in [3.63, 3.8) is 0 Å². The van der Waals surface area contributed by atoms with Crippen LogP contribution in [0.3, 0.4) is 0 Å². The summed E-state index contributed by atoms with van der Waals surface area (Å²) in [5.41, 5.74) is 7.53. The van der Waals surface area contributed by atoms with E-state index < -0.39 is 0 Å². The summed E-state index contributed by atoms with van der Waals surface area (Å²) in [7, 11) is 0. The topological polar surface area (TPSA) is 26.0 Å². The third-order valence-electron chi connectivity index (χ3n) is 4.01. The van der Waals surface area contributed by atoms with Crippen molar-refractivity contribution in [3.8, 4) is 0 Å². The molecule has 0 bridgehead atoms. The lowest BCUT2D eigenvalue weighted by atomic mass is 9.74. The smallest absolute Gasteiger partial charge is 0.0441 e. The molecule has 0 amide bonds. The van der Waals surface area contributed by atoms with Crippen LogP contribution < -0.4 is 5.73 Å². The van der Waals surface area contributed by atoms with Gasteiger partial charge in [0.15, 0.2) is 0 Å². The Bertz CT molecular complexity index is 364. The maximum Gasteiger partial charge on any atom is 0.0441 e. The molecule has 17 heavy (non-hydrogen) atoms. The van der Waals surface area contributed by atoms with Gasteiger partial charge in [0.05, 0.1) is 0 Å². The highest BCUT2D eigenvalue weighted by molar-refractivity contribution is 6.31. The van der Waals surface area contributed by atoms with Crippen LogP contribution in [0.1, 0.15) is 50.5 Å². The van der Waals surface area contributed by atoms with Crippen LogP contribution in [0.5, 0.6) is 0 Å². The Kier molecular flexibility index (Phi) is 4.47. The molecule has 3 atom stereocenters. The molecule has 0 radical (unpaired) electrons. The molecule has 1 aromatic rings. The highest BCUT2D eigenvalue weighted by Gasteiger charge is 2.29. The molecule has 0 saturated heterocycles. The van der Waals surface area contributed by atoms with Crippen molar-refractivity contribution in [2.45, 2.75) is 51.0 Å². The molecule has 3 unspecified atom stereocenters. The molecule has 2 rings (SSSR count). The van der Waals surface area contributed by atoms with Crippen molar-refractivity contribution in [2.24, 2.45) is 11.7 Å². The van der Waals surface area contributed by atoms with Crippen molar-refractivity contribution >= 4 is 11.6 Å². The van der Waals surface area contributed by atoms with Crippen molar-refractivity contribution in [3.05, 3.63) is 34.9 Å². The molecule has 1 nitrogen and oxygen atoms in total. The molecule has 1 aliphatic carbocycles. The van der Waals surface area contributed by atoms with E-state index in [1.807, 2.05) is 12.1 Å². The molecule has 2 heteroatoms. The minimum atomic E-state index is 0.281. The SMILES string of the molecule is CCCC1CCC(N)C(c2ccccc2Cl)C1. The first-order valence-electron chi connectivity index (χ1n) is 6.72. The Morgan fingerprint density at radius 2 is 2.06 bits per heavy atom. The van der Waals surface area contributed by atoms with E-state index in [2.05, 4.69) is 19.1 Å². The van der Waals surface area contributed by atoms with E-state index in [1.54, 1.807) is 0 Å². The monoisotopic (exact) mass is 251 g/mol. The van der Waals surface area contributed by atoms with Crippen molar-refractivity contribution < 1.29 is 0 Å². The van der Waals surface area contributed by atoms with E-state index in [0.29, 0.717) is 5.92 Å². The van der Waals surface area contributed by atoms with Gasteiger partial charge in [-0.2, -0.15) is 0 Å². The largest absolute Gasteiger partial charge is 0.327 e. The lowest BCUT2D eigenvalue weighted by Crippen LogP contribution is -2.34. The zero-order valence-corrected chi connectivity index (χ0v) is 11.3. The summed E-state index contributed by atoms with van der Waals surface area (Å²) in [5, 5.41) is 0.880. The quantitative estimate of drug-likeness (QED) is 0.849. The maximum absolute atomic E-state index is 6.29. The van der Waals surface area contributed by atoms with Gasteiger partial charge >= 0.3 is 0 Å². The molecule has 0 aromatic heterocycles. The van der Waals surface area contributed by atoms with Crippen LogP contribution in [0, 0.1) is 5.92 Å². The van der Waals surface area contributed by atoms with Gasteiger partial charge in [-0.05, 0) is 36.8 Å². The lowest BCUT2D eigenvalue weighted by Gasteiger charge is -2.34. The highest BCUT2D eigenvalue weighted by Crippen LogP contribution is 2.39. The van der Waals surface area contributed by atoms with Crippen LogP contribution >= 0.6 is 11.6 Å². The fraction of sp³-hybridized carbons (Fsp3) is 0.600. The second-order valence-corrected chi connectivity index (χ2v) is 5.67. The normalized spacial score (nSPS) is 29.2. The summed E-state index contributed by atoms with van der Waals surface area (Å²) >= 11 is 6.29. The Balaban J connectivity index is 2.15. The Morgan fingerprint density at radius 1 is 1.29 bits per heavy atom. The summed E-state index contributed by atoms with van der Waals surface area (Å²) in [5.74, 6) is 1.29. The number of nitrogens with two attached hydrogens (primary N) is 1. The van der Waals surface area contributed by atoms with Crippen molar-refractivity contribution in [1.29, 1.82) is 0 Å². The maximum atomic E-state index is 6.29. The van der Waals surface area contributed by atoms with Gasteiger partial charge in [-0.25, -0.2) is 0 Å². The van der Waals surface area contributed by atoms with Gasteiger partial charge in [0.25, 0.3) is 0 Å². The zero-order valence-electron chi connectivity index (χ0n) is 10.5. The van der Waals surface area contributed by atoms with E-state index in [-0.39, 0.29) is 6.04 Å². The highest BCUT2D eigenvalue weighted by atomic mass is 35.5. The Hall–Kier alpha value is -0.530. The van der Waals surface area contributed by atoms with E-state index in [9.17, 15) is 0 Å². The summed E-state index contributed by atoms with van der Waals surface area (Å²) in [4.78, 5) is 0. The summed E-state index contributed by atoms with van der Waals surface area (Å²) in [6, 6.07) is 8.46. The van der Waals surface area contributed by atoms with Gasteiger partial charge in [0.1, 0.15) is 0 Å². The summed E-state index contributed by atoms with van der Waals surface area (Å²) in [6.45, 7) is 2.26. The van der Waals surface area contributed by atoms with Gasteiger partial charge in [-0.1, -0.05) is 49.6 Å². The number of benzene rings is 1. The average Bonchev–Trinajstić information content (AvgIpc) is 2.33. The molecule has 0 spiro atoms. The third kappa shape index (κ3) is 3.02. The van der Waals surface area contributed by atoms with Gasteiger partial charge < -0.3 is 5.73 Å². The number of hydrogen-bond donors (Lipinski definition) is 1. The van der Waals surface area contributed by atoms with Crippen molar-refractivity contribution in [1.82, 2.24) is 0 Å². The molecule has 1 fully saturated rings. The molecular weight excluding hydrogens is 230 g/mol. The van der Waals surface area contributed by atoms with Crippen LogP contribution in [0.2, 0.25) is 5.02 Å². The Labute approximate surface area is 109 Å². The van der Waals surface area contributed by atoms with Gasteiger partial charge in [-0.15, -0.1) is 0 Å². The molecule has 1 saturated carbocycles. The van der Waals surface area contributed by atoms with Crippen LogP contribution in [-0.4, -0.2) is 6.04 Å². The first kappa shape index (κ1) is 12.9. The molecular formula is C15H22ClN. The van der Waals surface area contributed by atoms with E-state index >= 15 is 0 Å². The van der Waals surface area contributed by atoms with Crippen LogP contribution in [0.15, 0.2) is 24.3 Å². The molecule has 94 valence electrons. The third-order valence-corrected chi connectivity index (χ3v) is 4.36. The first-order valence-corrected chi connectivity index (χ1v) is 7.10. The molecule has 1 aromatic carbocycles. The van der Waals surface area contributed by atoms with E-state index in [4.69, 9.17) is 17.3 Å². The van der Waals surface area contributed by atoms with Crippen LogP contribution in [-0.2, 0) is 0 Å².